The molecule has 0 spiro atoms. The van der Waals surface area contributed by atoms with Crippen LogP contribution < -0.4 is 10.2 Å². The van der Waals surface area contributed by atoms with Crippen LogP contribution in [0.3, 0.4) is 0 Å². The van der Waals surface area contributed by atoms with E-state index in [1.165, 1.54) is 41.5 Å². The fourth-order valence-electron chi connectivity index (χ4n) is 2.45. The third-order valence-corrected chi connectivity index (χ3v) is 4.62. The minimum absolute atomic E-state index is 0.562. The summed E-state index contributed by atoms with van der Waals surface area (Å²) >= 11 is 3.73. The lowest BCUT2D eigenvalue weighted by atomic mass is 10.1. The maximum atomic E-state index is 3.73. The number of nitrogens with one attached hydrogen (secondary N) is 1. The number of halogens is 1. The second-order valence-electron chi connectivity index (χ2n) is 6.14. The van der Waals surface area contributed by atoms with Crippen molar-refractivity contribution in [3.63, 3.8) is 0 Å². The Kier molecular flexibility index (Phi) is 5.91. The van der Waals surface area contributed by atoms with Gasteiger partial charge in [-0.15, -0.1) is 0 Å². The minimum atomic E-state index is 0.562. The highest BCUT2D eigenvalue weighted by atomic mass is 79.9. The summed E-state index contributed by atoms with van der Waals surface area (Å²) in [5.74, 6) is 0.919. The van der Waals surface area contributed by atoms with Crippen LogP contribution in [0.15, 0.2) is 22.7 Å². The molecule has 3 heteroatoms. The fraction of sp³-hybridized carbons (Fsp3) is 0.647. The topological polar surface area (TPSA) is 15.3 Å². The molecule has 0 aliphatic heterocycles. The standard InChI is InChI=1S/C17H27BrN2/c1-4-9-19-11-15-7-8-16(10-17(15)18)20(13(2)3)12-14-5-6-14/h7-8,10,13-14,19H,4-6,9,11-12H2,1-3H3. The minimum Gasteiger partial charge on any atom is -0.369 e. The molecule has 1 aromatic rings. The van der Waals surface area contributed by atoms with Crippen molar-refractivity contribution in [3.05, 3.63) is 28.2 Å². The zero-order valence-electron chi connectivity index (χ0n) is 13.0. The summed E-state index contributed by atoms with van der Waals surface area (Å²) < 4.78 is 1.22. The van der Waals surface area contributed by atoms with Crippen molar-refractivity contribution in [2.45, 2.75) is 52.6 Å². The number of hydrogen-bond donors (Lipinski definition) is 1. The van der Waals surface area contributed by atoms with Crippen molar-refractivity contribution in [2.75, 3.05) is 18.0 Å². The highest BCUT2D eigenvalue weighted by Crippen LogP contribution is 2.33. The van der Waals surface area contributed by atoms with E-state index in [0.717, 1.165) is 19.0 Å². The van der Waals surface area contributed by atoms with Crippen molar-refractivity contribution in [1.29, 1.82) is 0 Å². The SMILES string of the molecule is CCCNCc1ccc(N(CC2CC2)C(C)C)cc1Br. The maximum absolute atomic E-state index is 3.73. The predicted molar refractivity (Wildman–Crippen MR) is 91.3 cm³/mol. The summed E-state index contributed by atoms with van der Waals surface area (Å²) in [6, 6.07) is 7.37. The molecule has 0 heterocycles. The summed E-state index contributed by atoms with van der Waals surface area (Å²) in [5.41, 5.74) is 2.69. The second-order valence-corrected chi connectivity index (χ2v) is 7.00. The maximum Gasteiger partial charge on any atom is 0.0380 e. The predicted octanol–water partition coefficient (Wildman–Crippen LogP) is 4.57. The van der Waals surface area contributed by atoms with Crippen molar-refractivity contribution in [3.8, 4) is 0 Å². The van der Waals surface area contributed by atoms with Crippen LogP contribution in [-0.4, -0.2) is 19.1 Å². The lowest BCUT2D eigenvalue weighted by Gasteiger charge is -2.29. The largest absolute Gasteiger partial charge is 0.369 e. The van der Waals surface area contributed by atoms with E-state index >= 15 is 0 Å². The Morgan fingerprint density at radius 3 is 2.65 bits per heavy atom. The van der Waals surface area contributed by atoms with Crippen molar-refractivity contribution in [2.24, 2.45) is 5.92 Å². The lowest BCUT2D eigenvalue weighted by Crippen LogP contribution is -2.32. The monoisotopic (exact) mass is 338 g/mol. The van der Waals surface area contributed by atoms with Crippen LogP contribution in [0, 0.1) is 5.92 Å². The quantitative estimate of drug-likeness (QED) is 0.698. The molecule has 1 saturated carbocycles. The van der Waals surface area contributed by atoms with Gasteiger partial charge in [-0.05, 0) is 63.3 Å². The van der Waals surface area contributed by atoms with Gasteiger partial charge in [-0.3, -0.25) is 0 Å². The first-order chi connectivity index (χ1) is 9.61. The first-order valence-electron chi connectivity index (χ1n) is 7.87. The first-order valence-corrected chi connectivity index (χ1v) is 8.67. The highest BCUT2D eigenvalue weighted by molar-refractivity contribution is 9.10. The number of anilines is 1. The van der Waals surface area contributed by atoms with Gasteiger partial charge in [-0.2, -0.15) is 0 Å². The number of nitrogens with zero attached hydrogens (tertiary/aromatic N) is 1. The van der Waals surface area contributed by atoms with E-state index in [9.17, 15) is 0 Å². The Hall–Kier alpha value is -0.540. The Morgan fingerprint density at radius 2 is 2.10 bits per heavy atom. The summed E-state index contributed by atoms with van der Waals surface area (Å²) in [5, 5.41) is 3.46. The molecule has 112 valence electrons. The molecule has 0 bridgehead atoms. The third-order valence-electron chi connectivity index (χ3n) is 3.89. The molecule has 1 aromatic carbocycles. The van der Waals surface area contributed by atoms with E-state index in [1.54, 1.807) is 0 Å². The molecule has 0 unspecified atom stereocenters. The molecule has 0 radical (unpaired) electrons. The van der Waals surface area contributed by atoms with Gasteiger partial charge in [0.15, 0.2) is 0 Å². The van der Waals surface area contributed by atoms with Crippen molar-refractivity contribution < 1.29 is 0 Å². The van der Waals surface area contributed by atoms with Crippen LogP contribution in [0.25, 0.3) is 0 Å². The Balaban J connectivity index is 2.05. The first kappa shape index (κ1) is 15.8. The molecule has 20 heavy (non-hydrogen) atoms. The van der Waals surface area contributed by atoms with E-state index in [1.807, 2.05) is 0 Å². The summed E-state index contributed by atoms with van der Waals surface area (Å²) in [7, 11) is 0. The van der Waals surface area contributed by atoms with E-state index in [2.05, 4.69) is 65.1 Å². The Labute approximate surface area is 132 Å². The van der Waals surface area contributed by atoms with Crippen LogP contribution in [0.5, 0.6) is 0 Å². The molecule has 0 aromatic heterocycles. The van der Waals surface area contributed by atoms with Gasteiger partial charge in [-0.25, -0.2) is 0 Å². The van der Waals surface area contributed by atoms with E-state index in [0.29, 0.717) is 6.04 Å². The molecule has 1 fully saturated rings. The number of rotatable bonds is 8. The zero-order chi connectivity index (χ0) is 14.5. The van der Waals surface area contributed by atoms with Crippen molar-refractivity contribution in [1.82, 2.24) is 5.32 Å². The van der Waals surface area contributed by atoms with Crippen LogP contribution in [-0.2, 0) is 6.54 Å². The van der Waals surface area contributed by atoms with Crippen molar-refractivity contribution >= 4 is 21.6 Å². The molecular weight excluding hydrogens is 312 g/mol. The molecule has 1 aliphatic rings. The van der Waals surface area contributed by atoms with Crippen LogP contribution >= 0.6 is 15.9 Å². The summed E-state index contributed by atoms with van der Waals surface area (Å²) in [4.78, 5) is 2.53. The molecule has 0 amide bonds. The Bertz CT molecular complexity index is 427. The molecule has 1 N–H and O–H groups in total. The fourth-order valence-corrected chi connectivity index (χ4v) is 2.96. The Morgan fingerprint density at radius 1 is 1.35 bits per heavy atom. The van der Waals surface area contributed by atoms with Crippen LogP contribution in [0.1, 0.15) is 45.6 Å². The average Bonchev–Trinajstić information content (AvgIpc) is 3.22. The third kappa shape index (κ3) is 4.49. The number of benzene rings is 1. The molecule has 1 aliphatic carbocycles. The molecule has 0 atom stereocenters. The van der Waals surface area contributed by atoms with E-state index < -0.39 is 0 Å². The molecular formula is C17H27BrN2. The van der Waals surface area contributed by atoms with Gasteiger partial charge in [0, 0.05) is 29.3 Å². The lowest BCUT2D eigenvalue weighted by molar-refractivity contribution is 0.643. The van der Waals surface area contributed by atoms with Gasteiger partial charge in [0.25, 0.3) is 0 Å². The van der Waals surface area contributed by atoms with Gasteiger partial charge in [0.2, 0.25) is 0 Å². The van der Waals surface area contributed by atoms with Gasteiger partial charge < -0.3 is 10.2 Å². The normalized spacial score (nSPS) is 14.8. The van der Waals surface area contributed by atoms with Gasteiger partial charge >= 0.3 is 0 Å². The summed E-state index contributed by atoms with van der Waals surface area (Å²) in [6.07, 6.45) is 3.99. The van der Waals surface area contributed by atoms with Crippen LogP contribution in [0.4, 0.5) is 5.69 Å². The smallest absolute Gasteiger partial charge is 0.0380 e. The van der Waals surface area contributed by atoms with E-state index in [-0.39, 0.29) is 0 Å². The second kappa shape index (κ2) is 7.46. The summed E-state index contributed by atoms with van der Waals surface area (Å²) in [6.45, 7) is 9.99. The highest BCUT2D eigenvalue weighted by Gasteiger charge is 2.25. The van der Waals surface area contributed by atoms with E-state index in [4.69, 9.17) is 0 Å². The average molecular weight is 339 g/mol. The molecule has 2 nitrogen and oxygen atoms in total. The van der Waals surface area contributed by atoms with Crippen LogP contribution in [0.2, 0.25) is 0 Å². The zero-order valence-corrected chi connectivity index (χ0v) is 14.5. The molecule has 2 rings (SSSR count). The molecule has 0 saturated heterocycles. The van der Waals surface area contributed by atoms with Gasteiger partial charge in [-0.1, -0.05) is 28.9 Å². The van der Waals surface area contributed by atoms with Gasteiger partial charge in [0.05, 0.1) is 0 Å². The van der Waals surface area contributed by atoms with Gasteiger partial charge in [0.1, 0.15) is 0 Å². The number of hydrogen-bond acceptors (Lipinski definition) is 2.